The van der Waals surface area contributed by atoms with Gasteiger partial charge < -0.3 is 5.73 Å². The van der Waals surface area contributed by atoms with E-state index in [0.29, 0.717) is 5.84 Å². The van der Waals surface area contributed by atoms with Crippen LogP contribution in [0.4, 0.5) is 0 Å². The molecule has 0 saturated carbocycles. The maximum atomic E-state index is 8.48. The molecule has 4 aromatic rings. The quantitative estimate of drug-likeness (QED) is 0.386. The van der Waals surface area contributed by atoms with Crippen molar-refractivity contribution in [3.63, 3.8) is 0 Å². The Hall–Kier alpha value is -3.72. The minimum Gasteiger partial charge on any atom is -0.383 e. The number of fused-ring (bicyclic) bond motifs is 1. The maximum absolute atomic E-state index is 8.48. The fourth-order valence-corrected chi connectivity index (χ4v) is 3.16. The third kappa shape index (κ3) is 3.48. The molecule has 0 aromatic heterocycles. The molecule has 0 aliphatic rings. The molecule has 0 amide bonds. The summed E-state index contributed by atoms with van der Waals surface area (Å²) in [4.78, 5) is 4.34. The van der Waals surface area contributed by atoms with Gasteiger partial charge in [0.2, 0.25) is 0 Å². The Morgan fingerprint density at radius 3 is 2.07 bits per heavy atom. The number of nitrogens with two attached hydrogens (primary N) is 1. The minimum atomic E-state index is 0.152. The first-order valence-electron chi connectivity index (χ1n) is 8.79. The molecule has 0 atom stereocenters. The molecule has 0 aliphatic carbocycles. The van der Waals surface area contributed by atoms with Gasteiger partial charge in [0, 0.05) is 11.1 Å². The van der Waals surface area contributed by atoms with Gasteiger partial charge in [-0.1, -0.05) is 84.9 Å². The first kappa shape index (κ1) is 16.7. The average molecular weight is 349 g/mol. The minimum absolute atomic E-state index is 0.152. The SMILES string of the molecule is N=C(N=C(N)c1ccccc1)c1cc(-c2ccccc2)c2ccccc2c1. The molecule has 4 aromatic carbocycles. The van der Waals surface area contributed by atoms with Crippen LogP contribution in [0.2, 0.25) is 0 Å². The number of rotatable bonds is 3. The van der Waals surface area contributed by atoms with Crippen molar-refractivity contribution in [1.82, 2.24) is 0 Å². The highest BCUT2D eigenvalue weighted by atomic mass is 14.9. The van der Waals surface area contributed by atoms with Crippen molar-refractivity contribution in [3.05, 3.63) is 108 Å². The zero-order chi connectivity index (χ0) is 18.6. The van der Waals surface area contributed by atoms with Gasteiger partial charge in [-0.3, -0.25) is 5.41 Å². The molecule has 0 radical (unpaired) electrons. The summed E-state index contributed by atoms with van der Waals surface area (Å²) < 4.78 is 0. The van der Waals surface area contributed by atoms with Gasteiger partial charge in [0.15, 0.2) is 5.84 Å². The molecule has 3 N–H and O–H groups in total. The van der Waals surface area contributed by atoms with Crippen molar-refractivity contribution >= 4 is 22.4 Å². The first-order valence-corrected chi connectivity index (χ1v) is 8.79. The molecule has 0 unspecified atom stereocenters. The van der Waals surface area contributed by atoms with E-state index in [0.717, 1.165) is 33.0 Å². The Balaban J connectivity index is 1.82. The number of amidine groups is 2. The first-order chi connectivity index (χ1) is 13.2. The van der Waals surface area contributed by atoms with E-state index < -0.39 is 0 Å². The third-order valence-corrected chi connectivity index (χ3v) is 4.52. The molecule has 0 heterocycles. The lowest BCUT2D eigenvalue weighted by Crippen LogP contribution is -2.15. The van der Waals surface area contributed by atoms with Gasteiger partial charge >= 0.3 is 0 Å². The third-order valence-electron chi connectivity index (χ3n) is 4.52. The van der Waals surface area contributed by atoms with Crippen LogP contribution in [-0.2, 0) is 0 Å². The lowest BCUT2D eigenvalue weighted by molar-refractivity contribution is 1.40. The highest BCUT2D eigenvalue weighted by molar-refractivity contribution is 6.12. The van der Waals surface area contributed by atoms with Crippen LogP contribution in [0, 0.1) is 5.41 Å². The smallest absolute Gasteiger partial charge is 0.154 e. The predicted octanol–water partition coefficient (Wildman–Crippen LogP) is 5.24. The Kier molecular flexibility index (Phi) is 4.50. The van der Waals surface area contributed by atoms with Crippen LogP contribution in [0.25, 0.3) is 21.9 Å². The highest BCUT2D eigenvalue weighted by Gasteiger charge is 2.10. The zero-order valence-corrected chi connectivity index (χ0v) is 14.8. The molecule has 3 nitrogen and oxygen atoms in total. The monoisotopic (exact) mass is 349 g/mol. The molecule has 27 heavy (non-hydrogen) atoms. The lowest BCUT2D eigenvalue weighted by Gasteiger charge is -2.10. The number of benzene rings is 4. The van der Waals surface area contributed by atoms with Gasteiger partial charge in [0.1, 0.15) is 5.84 Å². The van der Waals surface area contributed by atoms with Gasteiger partial charge in [-0.05, 0) is 34.0 Å². The van der Waals surface area contributed by atoms with Crippen LogP contribution >= 0.6 is 0 Å². The second kappa shape index (κ2) is 7.26. The summed E-state index contributed by atoms with van der Waals surface area (Å²) in [6.07, 6.45) is 0. The largest absolute Gasteiger partial charge is 0.383 e. The van der Waals surface area contributed by atoms with E-state index >= 15 is 0 Å². The molecule has 0 spiro atoms. The maximum Gasteiger partial charge on any atom is 0.154 e. The summed E-state index contributed by atoms with van der Waals surface area (Å²) in [6.45, 7) is 0. The molecule has 0 aliphatic heterocycles. The van der Waals surface area contributed by atoms with Crippen LogP contribution in [0.5, 0.6) is 0 Å². The molecule has 3 heteroatoms. The molecule has 0 saturated heterocycles. The Bertz CT molecular complexity index is 1130. The van der Waals surface area contributed by atoms with Crippen molar-refractivity contribution in [2.45, 2.75) is 0 Å². The van der Waals surface area contributed by atoms with Gasteiger partial charge in [-0.2, -0.15) is 0 Å². The summed E-state index contributed by atoms with van der Waals surface area (Å²) in [7, 11) is 0. The van der Waals surface area contributed by atoms with E-state index in [1.807, 2.05) is 72.8 Å². The van der Waals surface area contributed by atoms with E-state index in [-0.39, 0.29) is 5.84 Å². The van der Waals surface area contributed by atoms with Crippen molar-refractivity contribution < 1.29 is 0 Å². The van der Waals surface area contributed by atoms with E-state index in [2.05, 4.69) is 29.3 Å². The summed E-state index contributed by atoms with van der Waals surface area (Å²) in [5, 5.41) is 10.7. The van der Waals surface area contributed by atoms with Crippen LogP contribution in [0.1, 0.15) is 11.1 Å². The summed E-state index contributed by atoms with van der Waals surface area (Å²) in [5.41, 5.74) is 9.86. The fraction of sp³-hybridized carbons (Fsp3) is 0. The zero-order valence-electron chi connectivity index (χ0n) is 14.8. The van der Waals surface area contributed by atoms with E-state index in [9.17, 15) is 0 Å². The number of nitrogens with one attached hydrogen (secondary N) is 1. The molecule has 4 rings (SSSR count). The number of hydrogen-bond donors (Lipinski definition) is 2. The second-order valence-electron chi connectivity index (χ2n) is 6.32. The molecule has 0 fully saturated rings. The van der Waals surface area contributed by atoms with Gasteiger partial charge in [-0.25, -0.2) is 4.99 Å². The summed E-state index contributed by atoms with van der Waals surface area (Å²) >= 11 is 0. The normalized spacial score (nSPS) is 11.5. The average Bonchev–Trinajstić information content (AvgIpc) is 2.74. The molecular weight excluding hydrogens is 330 g/mol. The van der Waals surface area contributed by atoms with E-state index in [4.69, 9.17) is 11.1 Å². The van der Waals surface area contributed by atoms with E-state index in [1.54, 1.807) is 0 Å². The number of hydrogen-bond acceptors (Lipinski definition) is 1. The predicted molar refractivity (Wildman–Crippen MR) is 113 cm³/mol. The second-order valence-corrected chi connectivity index (χ2v) is 6.32. The van der Waals surface area contributed by atoms with E-state index in [1.165, 1.54) is 0 Å². The fourth-order valence-electron chi connectivity index (χ4n) is 3.16. The van der Waals surface area contributed by atoms with Crippen LogP contribution < -0.4 is 5.73 Å². The van der Waals surface area contributed by atoms with Crippen molar-refractivity contribution in [1.29, 1.82) is 5.41 Å². The Morgan fingerprint density at radius 2 is 1.33 bits per heavy atom. The van der Waals surface area contributed by atoms with Crippen LogP contribution in [0.15, 0.2) is 102 Å². The molecule has 130 valence electrons. The summed E-state index contributed by atoms with van der Waals surface area (Å²) in [6, 6.07) is 31.9. The number of aliphatic imine (C=N–C) groups is 1. The van der Waals surface area contributed by atoms with Crippen LogP contribution in [0.3, 0.4) is 0 Å². The summed E-state index contributed by atoms with van der Waals surface area (Å²) in [5.74, 6) is 0.495. The van der Waals surface area contributed by atoms with Crippen molar-refractivity contribution in [2.75, 3.05) is 0 Å². The Labute approximate surface area is 158 Å². The standard InChI is InChI=1S/C24H19N3/c25-23(18-11-5-2-6-12-18)27-24(26)20-15-19-13-7-8-14-21(19)22(16-20)17-9-3-1-4-10-17/h1-16H,(H3,25,26,27). The molecular formula is C24H19N3. The lowest BCUT2D eigenvalue weighted by atomic mass is 9.95. The topological polar surface area (TPSA) is 62.2 Å². The van der Waals surface area contributed by atoms with Gasteiger partial charge in [0.05, 0.1) is 0 Å². The van der Waals surface area contributed by atoms with Crippen LogP contribution in [-0.4, -0.2) is 11.7 Å². The highest BCUT2D eigenvalue weighted by Crippen LogP contribution is 2.30. The van der Waals surface area contributed by atoms with Crippen molar-refractivity contribution in [3.8, 4) is 11.1 Å². The van der Waals surface area contributed by atoms with Crippen molar-refractivity contribution in [2.24, 2.45) is 10.7 Å². The molecule has 0 bridgehead atoms. The van der Waals surface area contributed by atoms with Gasteiger partial charge in [0.25, 0.3) is 0 Å². The van der Waals surface area contributed by atoms with Gasteiger partial charge in [-0.15, -0.1) is 0 Å². The number of nitrogens with zero attached hydrogens (tertiary/aromatic N) is 1. The Morgan fingerprint density at radius 1 is 0.704 bits per heavy atom.